The molecule has 2 rings (SSSR count). The summed E-state index contributed by atoms with van der Waals surface area (Å²) in [5.41, 5.74) is 2.80. The molecule has 0 amide bonds. The van der Waals surface area contributed by atoms with E-state index in [0.29, 0.717) is 6.61 Å². The van der Waals surface area contributed by atoms with Gasteiger partial charge in [-0.15, -0.1) is 0 Å². The quantitative estimate of drug-likeness (QED) is 0.792. The number of rotatable bonds is 4. The van der Waals surface area contributed by atoms with Crippen molar-refractivity contribution in [2.45, 2.75) is 26.8 Å². The minimum Gasteiger partial charge on any atom is -0.464 e. The van der Waals surface area contributed by atoms with Crippen molar-refractivity contribution in [2.24, 2.45) is 0 Å². The molecule has 2 aromatic rings. The minimum absolute atomic E-state index is 0.255. The fourth-order valence-electron chi connectivity index (χ4n) is 2.04. The molecule has 0 fully saturated rings. The van der Waals surface area contributed by atoms with Crippen molar-refractivity contribution in [3.8, 4) is 0 Å². The summed E-state index contributed by atoms with van der Waals surface area (Å²) in [6.07, 6.45) is 1.69. The van der Waals surface area contributed by atoms with Crippen LogP contribution in [0.3, 0.4) is 0 Å². The first-order valence-electron chi connectivity index (χ1n) is 6.36. The first-order valence-corrected chi connectivity index (χ1v) is 6.36. The molecule has 0 N–H and O–H groups in total. The van der Waals surface area contributed by atoms with Gasteiger partial charge in [0.05, 0.1) is 18.6 Å². The Labute approximate surface area is 113 Å². The number of esters is 1. The topological polar surface area (TPSA) is 44.1 Å². The summed E-state index contributed by atoms with van der Waals surface area (Å²) in [5.74, 6) is -0.255. The van der Waals surface area contributed by atoms with Gasteiger partial charge in [0.2, 0.25) is 0 Å². The fourth-order valence-corrected chi connectivity index (χ4v) is 2.04. The molecular weight excluding hydrogens is 240 g/mol. The molecule has 4 nitrogen and oxygen atoms in total. The number of aryl methyl sites for hydroxylation is 1. The second kappa shape index (κ2) is 5.69. The highest BCUT2D eigenvalue weighted by Gasteiger charge is 2.25. The Morgan fingerprint density at radius 1 is 1.32 bits per heavy atom. The number of aromatic nitrogens is 2. The maximum atomic E-state index is 12.2. The number of hydrogen-bond donors (Lipinski definition) is 0. The Kier molecular flexibility index (Phi) is 4.00. The van der Waals surface area contributed by atoms with Gasteiger partial charge in [-0.05, 0) is 26.3 Å². The van der Waals surface area contributed by atoms with E-state index < -0.39 is 6.04 Å². The van der Waals surface area contributed by atoms with Crippen LogP contribution in [-0.2, 0) is 9.53 Å². The number of carbonyl (C=O) groups is 1. The summed E-state index contributed by atoms with van der Waals surface area (Å²) in [6, 6.07) is 9.15. The van der Waals surface area contributed by atoms with Gasteiger partial charge in [-0.2, -0.15) is 0 Å². The maximum absolute atomic E-state index is 12.2. The lowest BCUT2D eigenvalue weighted by Crippen LogP contribution is -2.23. The average Bonchev–Trinajstić information content (AvgIpc) is 2.73. The summed E-state index contributed by atoms with van der Waals surface area (Å²) in [5, 5.41) is 0. The lowest BCUT2D eigenvalue weighted by atomic mass is 10.1. The molecule has 0 saturated carbocycles. The molecule has 0 saturated heterocycles. The molecule has 0 radical (unpaired) electrons. The van der Waals surface area contributed by atoms with Crippen LogP contribution in [0.1, 0.15) is 29.9 Å². The van der Waals surface area contributed by atoms with Crippen LogP contribution in [-0.4, -0.2) is 22.1 Å². The van der Waals surface area contributed by atoms with Gasteiger partial charge in [-0.25, -0.2) is 9.78 Å². The number of imidazole rings is 1. The Bertz CT molecular complexity index is 561. The van der Waals surface area contributed by atoms with E-state index in [0.717, 1.165) is 17.0 Å². The number of hydrogen-bond acceptors (Lipinski definition) is 3. The predicted octanol–water partition coefficient (Wildman–Crippen LogP) is 2.65. The van der Waals surface area contributed by atoms with Crippen molar-refractivity contribution < 1.29 is 9.53 Å². The molecule has 0 aliphatic heterocycles. The van der Waals surface area contributed by atoms with E-state index in [1.165, 1.54) is 0 Å². The summed E-state index contributed by atoms with van der Waals surface area (Å²) in [6.45, 7) is 6.07. The maximum Gasteiger partial charge on any atom is 0.333 e. The zero-order valence-corrected chi connectivity index (χ0v) is 11.5. The Balaban J connectivity index is 2.46. The van der Waals surface area contributed by atoms with E-state index in [9.17, 15) is 4.79 Å². The van der Waals surface area contributed by atoms with Gasteiger partial charge in [-0.1, -0.05) is 30.3 Å². The molecule has 1 atom stereocenters. The monoisotopic (exact) mass is 258 g/mol. The molecule has 0 aliphatic rings. The molecule has 1 aromatic carbocycles. The van der Waals surface area contributed by atoms with Crippen LogP contribution >= 0.6 is 0 Å². The number of ether oxygens (including phenoxy) is 1. The SMILES string of the molecule is CCOC(=O)C(c1ccccc1)n1cnc(C)c1C. The molecular formula is C15H18N2O2. The molecule has 0 aliphatic carbocycles. The van der Waals surface area contributed by atoms with Crippen LogP contribution in [0.5, 0.6) is 0 Å². The van der Waals surface area contributed by atoms with Crippen LogP contribution < -0.4 is 0 Å². The van der Waals surface area contributed by atoms with Gasteiger partial charge in [0.25, 0.3) is 0 Å². The van der Waals surface area contributed by atoms with Gasteiger partial charge < -0.3 is 9.30 Å². The second-order valence-corrected chi connectivity index (χ2v) is 4.39. The van der Waals surface area contributed by atoms with Crippen LogP contribution in [0.4, 0.5) is 0 Å². The molecule has 100 valence electrons. The number of nitrogens with zero attached hydrogens (tertiary/aromatic N) is 2. The molecule has 0 spiro atoms. The predicted molar refractivity (Wildman–Crippen MR) is 72.9 cm³/mol. The third kappa shape index (κ3) is 2.67. The van der Waals surface area contributed by atoms with Crippen molar-refractivity contribution in [3.63, 3.8) is 0 Å². The van der Waals surface area contributed by atoms with Gasteiger partial charge in [0, 0.05) is 5.69 Å². The average molecular weight is 258 g/mol. The number of carbonyl (C=O) groups excluding carboxylic acids is 1. The zero-order valence-electron chi connectivity index (χ0n) is 11.5. The third-order valence-corrected chi connectivity index (χ3v) is 3.19. The van der Waals surface area contributed by atoms with E-state index >= 15 is 0 Å². The lowest BCUT2D eigenvalue weighted by Gasteiger charge is -2.19. The molecule has 1 heterocycles. The van der Waals surface area contributed by atoms with Crippen molar-refractivity contribution in [1.29, 1.82) is 0 Å². The largest absolute Gasteiger partial charge is 0.464 e. The fraction of sp³-hybridized carbons (Fsp3) is 0.333. The van der Waals surface area contributed by atoms with Crippen LogP contribution in [0.15, 0.2) is 36.7 Å². The smallest absolute Gasteiger partial charge is 0.333 e. The Hall–Kier alpha value is -2.10. The highest BCUT2D eigenvalue weighted by molar-refractivity contribution is 5.78. The van der Waals surface area contributed by atoms with Crippen molar-refractivity contribution in [3.05, 3.63) is 53.6 Å². The highest BCUT2D eigenvalue weighted by atomic mass is 16.5. The van der Waals surface area contributed by atoms with Gasteiger partial charge in [0.1, 0.15) is 0 Å². The summed E-state index contributed by atoms with van der Waals surface area (Å²) >= 11 is 0. The normalized spacial score (nSPS) is 12.2. The van der Waals surface area contributed by atoms with E-state index in [1.54, 1.807) is 6.33 Å². The zero-order chi connectivity index (χ0) is 13.8. The van der Waals surface area contributed by atoms with Crippen LogP contribution in [0.2, 0.25) is 0 Å². The van der Waals surface area contributed by atoms with Crippen molar-refractivity contribution in [2.75, 3.05) is 6.61 Å². The van der Waals surface area contributed by atoms with E-state index in [-0.39, 0.29) is 5.97 Å². The van der Waals surface area contributed by atoms with Crippen molar-refractivity contribution in [1.82, 2.24) is 9.55 Å². The molecule has 4 heteroatoms. The summed E-state index contributed by atoms with van der Waals surface area (Å²) in [4.78, 5) is 16.5. The Morgan fingerprint density at radius 3 is 2.53 bits per heavy atom. The first kappa shape index (κ1) is 13.3. The molecule has 1 aromatic heterocycles. The highest BCUT2D eigenvalue weighted by Crippen LogP contribution is 2.22. The van der Waals surface area contributed by atoms with E-state index in [4.69, 9.17) is 4.74 Å². The Morgan fingerprint density at radius 2 is 2.00 bits per heavy atom. The first-order chi connectivity index (χ1) is 9.15. The van der Waals surface area contributed by atoms with Crippen LogP contribution in [0, 0.1) is 13.8 Å². The lowest BCUT2D eigenvalue weighted by molar-refractivity contribution is -0.145. The number of benzene rings is 1. The van der Waals surface area contributed by atoms with Crippen LogP contribution in [0.25, 0.3) is 0 Å². The minimum atomic E-state index is -0.470. The second-order valence-electron chi connectivity index (χ2n) is 4.39. The standard InChI is InChI=1S/C15H18N2O2/c1-4-19-15(18)14(13-8-6-5-7-9-13)17-10-16-11(2)12(17)3/h5-10,14H,4H2,1-3H3. The van der Waals surface area contributed by atoms with Gasteiger partial charge >= 0.3 is 5.97 Å². The van der Waals surface area contributed by atoms with Crippen molar-refractivity contribution >= 4 is 5.97 Å². The van der Waals surface area contributed by atoms with Gasteiger partial charge in [0.15, 0.2) is 6.04 Å². The van der Waals surface area contributed by atoms with E-state index in [2.05, 4.69) is 4.98 Å². The third-order valence-electron chi connectivity index (χ3n) is 3.19. The molecule has 19 heavy (non-hydrogen) atoms. The summed E-state index contributed by atoms with van der Waals surface area (Å²) < 4.78 is 7.05. The molecule has 0 bridgehead atoms. The summed E-state index contributed by atoms with van der Waals surface area (Å²) in [7, 11) is 0. The van der Waals surface area contributed by atoms with Gasteiger partial charge in [-0.3, -0.25) is 0 Å². The van der Waals surface area contributed by atoms with E-state index in [1.807, 2.05) is 55.7 Å². The molecule has 1 unspecified atom stereocenters.